The zero-order chi connectivity index (χ0) is 50.7. The highest BCUT2D eigenvalue weighted by atomic mass is 16.3. The molecule has 4 aliphatic carbocycles. The maximum absolute atomic E-state index is 12.1. The number of aromatic hydroxyl groups is 6. The third-order valence-corrected chi connectivity index (χ3v) is 16.6. The average Bonchev–Trinajstić information content (AvgIpc) is 3.25. The molecule has 4 bridgehead atoms. The summed E-state index contributed by atoms with van der Waals surface area (Å²) >= 11 is 0. The zero-order valence-corrected chi connectivity index (χ0v) is 43.6. The van der Waals surface area contributed by atoms with Gasteiger partial charge in [0.1, 0.15) is 34.5 Å². The van der Waals surface area contributed by atoms with Crippen LogP contribution in [0.25, 0.3) is 0 Å². The Morgan fingerprint density at radius 2 is 0.614 bits per heavy atom. The number of phenols is 6. The van der Waals surface area contributed by atoms with Crippen LogP contribution < -0.4 is 0 Å². The first-order valence-electron chi connectivity index (χ1n) is 25.6. The maximum atomic E-state index is 12.1. The number of benzene rings is 6. The molecule has 368 valence electrons. The molecule has 6 nitrogen and oxygen atoms in total. The molecule has 0 heterocycles. The van der Waals surface area contributed by atoms with Crippen LogP contribution in [0.3, 0.4) is 0 Å². The number of hydrogen-bond acceptors (Lipinski definition) is 6. The first kappa shape index (κ1) is 49.1. The normalized spacial score (nSPS) is 21.5. The molecule has 6 aromatic rings. The molecule has 0 atom stereocenters. The van der Waals surface area contributed by atoms with E-state index < -0.39 is 0 Å². The summed E-state index contributed by atoms with van der Waals surface area (Å²) in [6, 6.07) is 36.1. The second kappa shape index (κ2) is 16.9. The van der Waals surface area contributed by atoms with Gasteiger partial charge in [0.05, 0.1) is 0 Å². The van der Waals surface area contributed by atoms with E-state index in [0.29, 0.717) is 11.8 Å². The first-order valence-corrected chi connectivity index (χ1v) is 25.6. The van der Waals surface area contributed by atoms with Crippen molar-refractivity contribution in [2.45, 2.75) is 166 Å². The molecule has 4 aliphatic rings. The quantitative estimate of drug-likeness (QED) is 0.0846. The lowest BCUT2D eigenvalue weighted by molar-refractivity contribution is -0.0282. The van der Waals surface area contributed by atoms with E-state index in [1.165, 1.54) is 17.5 Å². The Hall–Kier alpha value is -5.88. The minimum Gasteiger partial charge on any atom is -0.508 e. The fourth-order valence-electron chi connectivity index (χ4n) is 13.6. The molecule has 10 rings (SSSR count). The van der Waals surface area contributed by atoms with Crippen molar-refractivity contribution in [3.8, 4) is 34.5 Å². The van der Waals surface area contributed by atoms with Gasteiger partial charge in [0, 0.05) is 23.0 Å². The molecule has 0 aliphatic heterocycles. The van der Waals surface area contributed by atoms with Gasteiger partial charge in [-0.1, -0.05) is 156 Å². The number of hydrogen-bond donors (Lipinski definition) is 6. The van der Waals surface area contributed by atoms with Gasteiger partial charge in [-0.25, -0.2) is 0 Å². The van der Waals surface area contributed by atoms with Gasteiger partial charge in [-0.05, 0) is 175 Å². The van der Waals surface area contributed by atoms with Gasteiger partial charge >= 0.3 is 0 Å². The lowest BCUT2D eigenvalue weighted by Crippen LogP contribution is -2.56. The smallest absolute Gasteiger partial charge is 0.119 e. The minimum atomic E-state index is -0.389. The Morgan fingerprint density at radius 1 is 0.357 bits per heavy atom. The van der Waals surface area contributed by atoms with Crippen LogP contribution in [-0.4, -0.2) is 30.6 Å². The Balaban J connectivity index is 1.19. The van der Waals surface area contributed by atoms with Gasteiger partial charge in [-0.3, -0.25) is 0 Å². The lowest BCUT2D eigenvalue weighted by Gasteiger charge is -2.63. The molecule has 70 heavy (non-hydrogen) atoms. The average molecular weight is 941 g/mol. The van der Waals surface area contributed by atoms with Crippen molar-refractivity contribution in [2.75, 3.05) is 0 Å². The minimum absolute atomic E-state index is 0.150. The summed E-state index contributed by atoms with van der Waals surface area (Å²) in [7, 11) is 0. The van der Waals surface area contributed by atoms with Crippen molar-refractivity contribution in [1.29, 1.82) is 0 Å². The zero-order valence-electron chi connectivity index (χ0n) is 43.6. The molecule has 6 N–H and O–H groups in total. The summed E-state index contributed by atoms with van der Waals surface area (Å²) in [6.45, 7) is 25.2. The maximum Gasteiger partial charge on any atom is 0.119 e. The molecule has 0 unspecified atom stereocenters. The van der Waals surface area contributed by atoms with Crippen LogP contribution >= 0.6 is 0 Å². The molecule has 0 saturated heterocycles. The van der Waals surface area contributed by atoms with E-state index >= 15 is 0 Å². The standard InChI is InChI=1S/C64H76O6/c1-59(2,3)47-26-39(13-19-53(47)67)57(40-14-20-54(68)48(27-40)60(4,5)6)45-30-43(17-23-51(45)65)63-32-37-25-38(33-63)35-64(34-37,36-63)44-18-24-52(66)46(31-44)58(41-15-21-55(69)49(28-41)61(7,8)9)42-16-22-56(70)50(29-42)62(10,11)12/h13-24,26-31,37-38,57-58,65-70H,25,32-36H2,1-12H3. The summed E-state index contributed by atoms with van der Waals surface area (Å²) in [6.07, 6.45) is 6.42. The van der Waals surface area contributed by atoms with Crippen LogP contribution in [0.5, 0.6) is 34.5 Å². The highest BCUT2D eigenvalue weighted by Crippen LogP contribution is 2.67. The highest BCUT2D eigenvalue weighted by molar-refractivity contribution is 5.59. The number of phenolic OH excluding ortho intramolecular Hbond substituents is 6. The van der Waals surface area contributed by atoms with Crippen molar-refractivity contribution < 1.29 is 30.6 Å². The van der Waals surface area contributed by atoms with Gasteiger partial charge in [0.15, 0.2) is 0 Å². The van der Waals surface area contributed by atoms with Crippen LogP contribution in [0.4, 0.5) is 0 Å². The van der Waals surface area contributed by atoms with Gasteiger partial charge in [0.2, 0.25) is 0 Å². The molecule has 6 aromatic carbocycles. The van der Waals surface area contributed by atoms with Crippen LogP contribution in [0.1, 0.15) is 200 Å². The molecule has 0 radical (unpaired) electrons. The van der Waals surface area contributed by atoms with Gasteiger partial charge in [-0.2, -0.15) is 0 Å². The topological polar surface area (TPSA) is 121 Å². The summed E-state index contributed by atoms with van der Waals surface area (Å²) in [5, 5.41) is 68.8. The van der Waals surface area contributed by atoms with Crippen LogP contribution in [0.2, 0.25) is 0 Å². The van der Waals surface area contributed by atoms with Crippen LogP contribution in [0.15, 0.2) is 109 Å². The van der Waals surface area contributed by atoms with E-state index in [0.717, 1.165) is 87.7 Å². The predicted octanol–water partition coefficient (Wildman–Crippen LogP) is 15.3. The molecule has 6 heteroatoms. The van der Waals surface area contributed by atoms with Gasteiger partial charge < -0.3 is 30.6 Å². The third-order valence-electron chi connectivity index (χ3n) is 16.6. The second-order valence-corrected chi connectivity index (χ2v) is 26.0. The third kappa shape index (κ3) is 8.83. The van der Waals surface area contributed by atoms with Crippen molar-refractivity contribution in [1.82, 2.24) is 0 Å². The van der Waals surface area contributed by atoms with Gasteiger partial charge in [-0.15, -0.1) is 0 Å². The highest BCUT2D eigenvalue weighted by Gasteiger charge is 2.59. The summed E-state index contributed by atoms with van der Waals surface area (Å²) in [4.78, 5) is 0. The summed E-state index contributed by atoms with van der Waals surface area (Å²) in [5.41, 5.74) is 9.62. The van der Waals surface area contributed by atoms with E-state index in [1.54, 1.807) is 24.3 Å². The summed E-state index contributed by atoms with van der Waals surface area (Å²) in [5.74, 6) is 1.65. The molecule has 0 aromatic heterocycles. The largest absolute Gasteiger partial charge is 0.508 e. The van der Waals surface area contributed by atoms with Gasteiger partial charge in [0.25, 0.3) is 0 Å². The predicted molar refractivity (Wildman–Crippen MR) is 283 cm³/mol. The SMILES string of the molecule is CC(C)(C)c1cc(C(c2ccc(O)c(C(C)(C)C)c2)c2cc(C34CC5CC(C3)CC(c3ccc(O)c(C(c6ccc(O)c(C(C)(C)C)c6)c6ccc(O)c(C(C)(C)C)c6)c3)(C5)C4)ccc2O)ccc1O. The van der Waals surface area contributed by atoms with Crippen molar-refractivity contribution >= 4 is 0 Å². The monoisotopic (exact) mass is 941 g/mol. The Morgan fingerprint density at radius 3 is 0.871 bits per heavy atom. The van der Waals surface area contributed by atoms with E-state index in [4.69, 9.17) is 0 Å². The fraction of sp³-hybridized carbons (Fsp3) is 0.438. The van der Waals surface area contributed by atoms with Crippen LogP contribution in [-0.2, 0) is 32.5 Å². The molecule has 0 amide bonds. The molecular weight excluding hydrogens is 865 g/mol. The fourth-order valence-corrected chi connectivity index (χ4v) is 13.6. The number of rotatable bonds is 8. The Bertz CT molecular complexity index is 2640. The molecule has 4 fully saturated rings. The van der Waals surface area contributed by atoms with E-state index in [1.807, 2.05) is 36.4 Å². The first-order chi connectivity index (χ1) is 32.6. The second-order valence-electron chi connectivity index (χ2n) is 26.0. The Labute approximate surface area is 417 Å². The lowest BCUT2D eigenvalue weighted by atomic mass is 9.41. The van der Waals surface area contributed by atoms with E-state index in [2.05, 4.69) is 132 Å². The molecular formula is C64H76O6. The van der Waals surface area contributed by atoms with E-state index in [9.17, 15) is 30.6 Å². The summed E-state index contributed by atoms with van der Waals surface area (Å²) < 4.78 is 0. The Kier molecular flexibility index (Phi) is 11.8. The van der Waals surface area contributed by atoms with Crippen LogP contribution in [0, 0.1) is 11.8 Å². The van der Waals surface area contributed by atoms with Crippen molar-refractivity contribution in [3.63, 3.8) is 0 Å². The molecule has 0 spiro atoms. The van der Waals surface area contributed by atoms with E-state index in [-0.39, 0.29) is 78.8 Å². The molecule has 4 saturated carbocycles. The van der Waals surface area contributed by atoms with Crippen molar-refractivity contribution in [2.24, 2.45) is 11.8 Å². The van der Waals surface area contributed by atoms with Crippen molar-refractivity contribution in [3.05, 3.63) is 176 Å².